The summed E-state index contributed by atoms with van der Waals surface area (Å²) in [5.41, 5.74) is 4.92. The van der Waals surface area contributed by atoms with Crippen LogP contribution in [0.1, 0.15) is 36.7 Å². The number of fused-ring (bicyclic) bond motifs is 1. The van der Waals surface area contributed by atoms with Crippen LogP contribution in [0.4, 0.5) is 0 Å². The van der Waals surface area contributed by atoms with Gasteiger partial charge in [0, 0.05) is 19.2 Å². The van der Waals surface area contributed by atoms with E-state index in [4.69, 9.17) is 4.98 Å². The standard InChI is InChI=1S/C24H22N4O/c1-2-3-8-22-27-21-13-14-26-24(29)23(21)28(22)16-17-9-11-18(12-10-17)20-7-5-4-6-19(20)15-25/h4-7,9-14H,2-3,8,16H2,1H3,(H,26,29). The molecule has 0 atom stereocenters. The van der Waals surface area contributed by atoms with Crippen molar-refractivity contribution in [1.29, 1.82) is 5.26 Å². The van der Waals surface area contributed by atoms with Gasteiger partial charge in [-0.2, -0.15) is 5.26 Å². The molecule has 4 rings (SSSR count). The van der Waals surface area contributed by atoms with Crippen molar-refractivity contribution in [3.63, 3.8) is 0 Å². The maximum absolute atomic E-state index is 12.4. The molecule has 4 aromatic rings. The minimum Gasteiger partial charge on any atom is -0.327 e. The van der Waals surface area contributed by atoms with Crippen molar-refractivity contribution in [2.75, 3.05) is 0 Å². The van der Waals surface area contributed by atoms with Gasteiger partial charge in [-0.3, -0.25) is 4.79 Å². The van der Waals surface area contributed by atoms with Crippen molar-refractivity contribution in [2.45, 2.75) is 32.7 Å². The zero-order chi connectivity index (χ0) is 20.2. The number of imidazole rings is 1. The molecule has 5 nitrogen and oxygen atoms in total. The second-order valence-electron chi connectivity index (χ2n) is 7.11. The van der Waals surface area contributed by atoms with E-state index in [1.807, 2.05) is 47.0 Å². The monoisotopic (exact) mass is 382 g/mol. The zero-order valence-electron chi connectivity index (χ0n) is 16.4. The molecule has 2 aromatic heterocycles. The fourth-order valence-corrected chi connectivity index (χ4v) is 3.64. The minimum atomic E-state index is -0.114. The number of nitriles is 1. The van der Waals surface area contributed by atoms with E-state index in [1.54, 1.807) is 6.20 Å². The fraction of sp³-hybridized carbons (Fsp3) is 0.208. The van der Waals surface area contributed by atoms with Crippen molar-refractivity contribution < 1.29 is 0 Å². The van der Waals surface area contributed by atoms with Crippen LogP contribution in [0.2, 0.25) is 0 Å². The first-order valence-corrected chi connectivity index (χ1v) is 9.86. The summed E-state index contributed by atoms with van der Waals surface area (Å²) >= 11 is 0. The molecule has 1 N–H and O–H groups in total. The summed E-state index contributed by atoms with van der Waals surface area (Å²) in [5, 5.41) is 9.34. The molecule has 0 bridgehead atoms. The molecule has 0 radical (unpaired) electrons. The molecule has 0 aliphatic rings. The smallest absolute Gasteiger partial charge is 0.274 e. The third-order valence-corrected chi connectivity index (χ3v) is 5.15. The van der Waals surface area contributed by atoms with Gasteiger partial charge in [-0.25, -0.2) is 4.98 Å². The summed E-state index contributed by atoms with van der Waals surface area (Å²) in [6, 6.07) is 19.9. The van der Waals surface area contributed by atoms with Gasteiger partial charge >= 0.3 is 0 Å². The predicted molar refractivity (Wildman–Crippen MR) is 115 cm³/mol. The summed E-state index contributed by atoms with van der Waals surface area (Å²) in [4.78, 5) is 19.9. The molecule has 0 amide bonds. The third-order valence-electron chi connectivity index (χ3n) is 5.15. The number of nitrogens with one attached hydrogen (secondary N) is 1. The number of aryl methyl sites for hydroxylation is 1. The van der Waals surface area contributed by atoms with Crippen LogP contribution in [0.15, 0.2) is 65.6 Å². The summed E-state index contributed by atoms with van der Waals surface area (Å²) in [6.45, 7) is 2.74. The van der Waals surface area contributed by atoms with Crippen molar-refractivity contribution in [1.82, 2.24) is 14.5 Å². The second-order valence-corrected chi connectivity index (χ2v) is 7.11. The Hall–Kier alpha value is -3.65. The van der Waals surface area contributed by atoms with Gasteiger partial charge in [0.05, 0.1) is 17.1 Å². The quantitative estimate of drug-likeness (QED) is 0.527. The lowest BCUT2D eigenvalue weighted by Gasteiger charge is -2.10. The zero-order valence-corrected chi connectivity index (χ0v) is 16.4. The Kier molecular flexibility index (Phi) is 5.26. The largest absolute Gasteiger partial charge is 0.327 e. The number of aromatic nitrogens is 3. The van der Waals surface area contributed by atoms with Crippen LogP contribution in [-0.4, -0.2) is 14.5 Å². The second kappa shape index (κ2) is 8.15. The topological polar surface area (TPSA) is 74.5 Å². The van der Waals surface area contributed by atoms with Gasteiger partial charge in [0.2, 0.25) is 0 Å². The van der Waals surface area contributed by atoms with Crippen LogP contribution in [0.5, 0.6) is 0 Å². The van der Waals surface area contributed by atoms with Crippen LogP contribution in [0.25, 0.3) is 22.2 Å². The van der Waals surface area contributed by atoms with Crippen molar-refractivity contribution in [2.24, 2.45) is 0 Å². The number of hydrogen-bond donors (Lipinski definition) is 1. The van der Waals surface area contributed by atoms with Gasteiger partial charge in [-0.05, 0) is 35.2 Å². The molecule has 0 aliphatic heterocycles. The third kappa shape index (κ3) is 3.70. The Bertz CT molecular complexity index is 1240. The highest BCUT2D eigenvalue weighted by Gasteiger charge is 2.14. The molecule has 0 unspecified atom stereocenters. The molecule has 2 aromatic carbocycles. The number of nitrogens with zero attached hydrogens (tertiary/aromatic N) is 3. The molecular weight excluding hydrogens is 360 g/mol. The highest BCUT2D eigenvalue weighted by atomic mass is 16.1. The highest BCUT2D eigenvalue weighted by molar-refractivity contribution is 5.75. The first kappa shape index (κ1) is 18.7. The molecule has 0 saturated heterocycles. The lowest BCUT2D eigenvalue weighted by molar-refractivity contribution is 0.688. The molecule has 144 valence electrons. The van der Waals surface area contributed by atoms with E-state index in [-0.39, 0.29) is 5.56 Å². The summed E-state index contributed by atoms with van der Waals surface area (Å²) < 4.78 is 2.03. The van der Waals surface area contributed by atoms with Crippen LogP contribution >= 0.6 is 0 Å². The maximum Gasteiger partial charge on any atom is 0.274 e. The van der Waals surface area contributed by atoms with Gasteiger partial charge in [0.15, 0.2) is 0 Å². The molecule has 0 spiro atoms. The summed E-state index contributed by atoms with van der Waals surface area (Å²) in [6.07, 6.45) is 4.60. The first-order chi connectivity index (χ1) is 14.2. The average Bonchev–Trinajstić information content (AvgIpc) is 3.11. The molecule has 0 aliphatic carbocycles. The number of aromatic amines is 1. The van der Waals surface area contributed by atoms with E-state index in [0.29, 0.717) is 17.6 Å². The lowest BCUT2D eigenvalue weighted by Crippen LogP contribution is -2.13. The number of unbranched alkanes of at least 4 members (excludes halogenated alkanes) is 1. The van der Waals surface area contributed by atoms with Crippen LogP contribution in [0, 0.1) is 11.3 Å². The maximum atomic E-state index is 12.4. The summed E-state index contributed by atoms with van der Waals surface area (Å²) in [5.74, 6) is 0.942. The SMILES string of the molecule is CCCCc1nc2cc[nH]c(=O)c2n1Cc1ccc(-c2ccccc2C#N)cc1. The first-order valence-electron chi connectivity index (χ1n) is 9.86. The van der Waals surface area contributed by atoms with E-state index in [1.165, 1.54) is 0 Å². The van der Waals surface area contributed by atoms with Gasteiger partial charge < -0.3 is 9.55 Å². The van der Waals surface area contributed by atoms with Crippen LogP contribution in [0.3, 0.4) is 0 Å². The number of benzene rings is 2. The van der Waals surface area contributed by atoms with Gasteiger partial charge in [-0.15, -0.1) is 0 Å². The van der Waals surface area contributed by atoms with E-state index in [9.17, 15) is 10.1 Å². The molecule has 0 saturated carbocycles. The Morgan fingerprint density at radius 1 is 1.10 bits per heavy atom. The number of rotatable bonds is 6. The van der Waals surface area contributed by atoms with Crippen LogP contribution in [-0.2, 0) is 13.0 Å². The van der Waals surface area contributed by atoms with Gasteiger partial charge in [0.25, 0.3) is 5.56 Å². The van der Waals surface area contributed by atoms with Gasteiger partial charge in [-0.1, -0.05) is 55.8 Å². The Morgan fingerprint density at radius 2 is 1.90 bits per heavy atom. The van der Waals surface area contributed by atoms with Crippen molar-refractivity contribution in [3.05, 3.63) is 88.1 Å². The summed E-state index contributed by atoms with van der Waals surface area (Å²) in [7, 11) is 0. The molecular formula is C24H22N4O. The number of pyridine rings is 1. The molecule has 5 heteroatoms. The predicted octanol–water partition coefficient (Wildman–Crippen LogP) is 4.65. The fourth-order valence-electron chi connectivity index (χ4n) is 3.64. The average molecular weight is 382 g/mol. The lowest BCUT2D eigenvalue weighted by atomic mass is 9.99. The highest BCUT2D eigenvalue weighted by Crippen LogP contribution is 2.24. The number of H-pyrrole nitrogens is 1. The van der Waals surface area contributed by atoms with Crippen molar-refractivity contribution >= 4 is 11.0 Å². The van der Waals surface area contributed by atoms with Crippen LogP contribution < -0.4 is 5.56 Å². The Balaban J connectivity index is 1.70. The minimum absolute atomic E-state index is 0.114. The van der Waals surface area contributed by atoms with Crippen molar-refractivity contribution in [3.8, 4) is 17.2 Å². The van der Waals surface area contributed by atoms with E-state index < -0.39 is 0 Å². The van der Waals surface area contributed by atoms with E-state index >= 15 is 0 Å². The van der Waals surface area contributed by atoms with E-state index in [2.05, 4.69) is 30.1 Å². The Morgan fingerprint density at radius 3 is 2.66 bits per heavy atom. The molecule has 0 fully saturated rings. The Labute approximate surface area is 169 Å². The number of hydrogen-bond acceptors (Lipinski definition) is 3. The van der Waals surface area contributed by atoms with Gasteiger partial charge in [0.1, 0.15) is 11.3 Å². The normalized spacial score (nSPS) is 10.9. The molecule has 2 heterocycles. The molecule has 29 heavy (non-hydrogen) atoms. The van der Waals surface area contributed by atoms with E-state index in [0.717, 1.165) is 47.3 Å².